The smallest absolute Gasteiger partial charge is 0.267 e. The highest BCUT2D eigenvalue weighted by Gasteiger charge is 2.34. The summed E-state index contributed by atoms with van der Waals surface area (Å²) < 4.78 is 13.3. The van der Waals surface area contributed by atoms with Gasteiger partial charge in [0.05, 0.1) is 23.1 Å². The molecule has 164 valence electrons. The molecule has 1 fully saturated rings. The standard InChI is InChI=1S/C24H24N4O4/c1-17-19(15-25-28(17)18-7-3-2-4-8-18)23(29)26-11-13-27(14-12-26)24(30)22-16-31-20-9-5-6-10-21(20)32-22/h2-10,15,22H,11-14,16H2,1H3/t22-/m1/s1. The van der Waals surface area contributed by atoms with Gasteiger partial charge < -0.3 is 19.3 Å². The molecule has 2 aromatic carbocycles. The summed E-state index contributed by atoms with van der Waals surface area (Å²) in [7, 11) is 0. The minimum Gasteiger partial charge on any atom is -0.485 e. The summed E-state index contributed by atoms with van der Waals surface area (Å²) in [5, 5.41) is 4.40. The average molecular weight is 432 g/mol. The summed E-state index contributed by atoms with van der Waals surface area (Å²) in [6.07, 6.45) is 0.950. The minimum absolute atomic E-state index is 0.0667. The first-order chi connectivity index (χ1) is 15.6. The van der Waals surface area contributed by atoms with E-state index in [4.69, 9.17) is 9.47 Å². The number of carbonyl (C=O) groups excluding carboxylic acids is 2. The van der Waals surface area contributed by atoms with Crippen LogP contribution in [0.15, 0.2) is 60.8 Å². The van der Waals surface area contributed by atoms with Crippen molar-refractivity contribution in [3.8, 4) is 17.2 Å². The number of fused-ring (bicyclic) bond motifs is 1. The van der Waals surface area contributed by atoms with E-state index in [1.807, 2.05) is 55.5 Å². The first-order valence-electron chi connectivity index (χ1n) is 10.7. The number of para-hydroxylation sites is 3. The molecule has 2 amide bonds. The number of nitrogens with zero attached hydrogens (tertiary/aromatic N) is 4. The van der Waals surface area contributed by atoms with Gasteiger partial charge in [-0.3, -0.25) is 9.59 Å². The summed E-state index contributed by atoms with van der Waals surface area (Å²) in [6.45, 7) is 3.92. The van der Waals surface area contributed by atoms with Crippen molar-refractivity contribution in [1.29, 1.82) is 0 Å². The number of aromatic nitrogens is 2. The Balaban J connectivity index is 1.21. The van der Waals surface area contributed by atoms with Gasteiger partial charge in [-0.1, -0.05) is 30.3 Å². The van der Waals surface area contributed by atoms with E-state index in [0.717, 1.165) is 11.4 Å². The molecule has 3 aromatic rings. The molecule has 32 heavy (non-hydrogen) atoms. The number of carbonyl (C=O) groups is 2. The number of amides is 2. The Bertz CT molecular complexity index is 1140. The fourth-order valence-electron chi connectivity index (χ4n) is 4.09. The van der Waals surface area contributed by atoms with Crippen LogP contribution in [0.5, 0.6) is 11.5 Å². The van der Waals surface area contributed by atoms with Crippen molar-refractivity contribution < 1.29 is 19.1 Å². The van der Waals surface area contributed by atoms with Gasteiger partial charge in [0.1, 0.15) is 6.61 Å². The lowest BCUT2D eigenvalue weighted by Gasteiger charge is -2.37. The predicted molar refractivity (Wildman–Crippen MR) is 117 cm³/mol. The van der Waals surface area contributed by atoms with Gasteiger partial charge in [0.2, 0.25) is 6.10 Å². The Hall–Kier alpha value is -3.81. The van der Waals surface area contributed by atoms with Crippen LogP contribution >= 0.6 is 0 Å². The third kappa shape index (κ3) is 3.68. The van der Waals surface area contributed by atoms with Crippen molar-refractivity contribution in [1.82, 2.24) is 19.6 Å². The lowest BCUT2D eigenvalue weighted by atomic mass is 10.2. The zero-order valence-electron chi connectivity index (χ0n) is 17.8. The van der Waals surface area contributed by atoms with Crippen LogP contribution in [0.4, 0.5) is 0 Å². The quantitative estimate of drug-likeness (QED) is 0.635. The predicted octanol–water partition coefficient (Wildman–Crippen LogP) is 2.31. The maximum absolute atomic E-state index is 13.1. The van der Waals surface area contributed by atoms with Gasteiger partial charge in [-0.2, -0.15) is 5.10 Å². The molecular formula is C24H24N4O4. The molecule has 0 spiro atoms. The lowest BCUT2D eigenvalue weighted by molar-refractivity contribution is -0.142. The molecule has 8 nitrogen and oxygen atoms in total. The van der Waals surface area contributed by atoms with Crippen LogP contribution in [-0.4, -0.2) is 70.3 Å². The minimum atomic E-state index is -0.668. The summed E-state index contributed by atoms with van der Waals surface area (Å²) in [5.41, 5.74) is 2.29. The fourth-order valence-corrected chi connectivity index (χ4v) is 4.09. The normalized spacial score (nSPS) is 17.8. The highest BCUT2D eigenvalue weighted by Crippen LogP contribution is 2.31. The molecule has 1 atom stereocenters. The molecular weight excluding hydrogens is 408 g/mol. The van der Waals surface area contributed by atoms with Gasteiger partial charge in [-0.15, -0.1) is 0 Å². The number of hydrogen-bond acceptors (Lipinski definition) is 5. The van der Waals surface area contributed by atoms with Crippen LogP contribution in [-0.2, 0) is 4.79 Å². The number of ether oxygens (including phenoxy) is 2. The van der Waals surface area contributed by atoms with E-state index in [1.54, 1.807) is 26.7 Å². The van der Waals surface area contributed by atoms with Gasteiger partial charge in [0.25, 0.3) is 11.8 Å². The fraction of sp³-hybridized carbons (Fsp3) is 0.292. The first kappa shape index (κ1) is 20.1. The van der Waals surface area contributed by atoms with E-state index >= 15 is 0 Å². The van der Waals surface area contributed by atoms with E-state index in [0.29, 0.717) is 43.2 Å². The number of piperazine rings is 1. The van der Waals surface area contributed by atoms with Crippen molar-refractivity contribution in [3.63, 3.8) is 0 Å². The SMILES string of the molecule is Cc1c(C(=O)N2CCN(C(=O)[C@H]3COc4ccccc4O3)CC2)cnn1-c1ccccc1. The topological polar surface area (TPSA) is 76.9 Å². The van der Waals surface area contributed by atoms with E-state index in [1.165, 1.54) is 0 Å². The number of benzene rings is 2. The third-order valence-electron chi connectivity index (χ3n) is 5.90. The van der Waals surface area contributed by atoms with Crippen molar-refractivity contribution in [3.05, 3.63) is 72.1 Å². The molecule has 5 rings (SSSR count). The number of hydrogen-bond donors (Lipinski definition) is 0. The van der Waals surface area contributed by atoms with E-state index in [9.17, 15) is 9.59 Å². The van der Waals surface area contributed by atoms with E-state index in [2.05, 4.69) is 5.10 Å². The third-order valence-corrected chi connectivity index (χ3v) is 5.90. The number of rotatable bonds is 3. The molecule has 3 heterocycles. The first-order valence-corrected chi connectivity index (χ1v) is 10.7. The van der Waals surface area contributed by atoms with Gasteiger partial charge in [-0.25, -0.2) is 4.68 Å². The Kier molecular flexibility index (Phi) is 5.26. The molecule has 0 N–H and O–H groups in total. The molecule has 1 saturated heterocycles. The van der Waals surface area contributed by atoms with Gasteiger partial charge in [0, 0.05) is 26.2 Å². The van der Waals surface area contributed by atoms with Gasteiger partial charge in [-0.05, 0) is 31.2 Å². The highest BCUT2D eigenvalue weighted by atomic mass is 16.6. The zero-order chi connectivity index (χ0) is 22.1. The highest BCUT2D eigenvalue weighted by molar-refractivity contribution is 5.95. The molecule has 2 aliphatic rings. The van der Waals surface area contributed by atoms with Crippen molar-refractivity contribution in [2.75, 3.05) is 32.8 Å². The Labute approximate surface area is 185 Å². The van der Waals surface area contributed by atoms with E-state index in [-0.39, 0.29) is 18.4 Å². The Morgan fingerprint density at radius 3 is 2.31 bits per heavy atom. The summed E-state index contributed by atoms with van der Waals surface area (Å²) in [4.78, 5) is 29.5. The maximum Gasteiger partial charge on any atom is 0.267 e. The second-order valence-electron chi connectivity index (χ2n) is 7.87. The van der Waals surface area contributed by atoms with Gasteiger partial charge >= 0.3 is 0 Å². The van der Waals surface area contributed by atoms with Crippen LogP contribution in [0.3, 0.4) is 0 Å². The van der Waals surface area contributed by atoms with Crippen LogP contribution in [0.25, 0.3) is 5.69 Å². The molecule has 0 saturated carbocycles. The molecule has 0 bridgehead atoms. The summed E-state index contributed by atoms with van der Waals surface area (Å²) in [6, 6.07) is 17.1. The van der Waals surface area contributed by atoms with Crippen molar-refractivity contribution in [2.24, 2.45) is 0 Å². The van der Waals surface area contributed by atoms with Crippen molar-refractivity contribution in [2.45, 2.75) is 13.0 Å². The monoisotopic (exact) mass is 432 g/mol. The molecule has 1 aromatic heterocycles. The lowest BCUT2D eigenvalue weighted by Crippen LogP contribution is -2.55. The Morgan fingerprint density at radius 1 is 0.906 bits per heavy atom. The van der Waals surface area contributed by atoms with Crippen LogP contribution in [0, 0.1) is 6.92 Å². The van der Waals surface area contributed by atoms with E-state index < -0.39 is 6.10 Å². The molecule has 0 radical (unpaired) electrons. The molecule has 0 unspecified atom stereocenters. The Morgan fingerprint density at radius 2 is 1.56 bits per heavy atom. The largest absolute Gasteiger partial charge is 0.485 e. The maximum atomic E-state index is 13.1. The molecule has 8 heteroatoms. The van der Waals surface area contributed by atoms with Crippen molar-refractivity contribution >= 4 is 11.8 Å². The second-order valence-corrected chi connectivity index (χ2v) is 7.87. The van der Waals surface area contributed by atoms with Crippen LogP contribution in [0.1, 0.15) is 16.1 Å². The molecule has 0 aliphatic carbocycles. The summed E-state index contributed by atoms with van der Waals surface area (Å²) in [5.74, 6) is 1.05. The van der Waals surface area contributed by atoms with Crippen LogP contribution < -0.4 is 9.47 Å². The molecule has 2 aliphatic heterocycles. The van der Waals surface area contributed by atoms with Gasteiger partial charge in [0.15, 0.2) is 11.5 Å². The average Bonchev–Trinajstić information content (AvgIpc) is 3.24. The summed E-state index contributed by atoms with van der Waals surface area (Å²) >= 11 is 0. The zero-order valence-corrected chi connectivity index (χ0v) is 17.8. The second kappa shape index (κ2) is 8.37. The van der Waals surface area contributed by atoms with Crippen LogP contribution in [0.2, 0.25) is 0 Å².